The molecule has 0 bridgehead atoms. The van der Waals surface area contributed by atoms with Crippen LogP contribution in [0.4, 0.5) is 5.69 Å². The Hall–Kier alpha value is -2.96. The van der Waals surface area contributed by atoms with Gasteiger partial charge in [0.25, 0.3) is 5.91 Å². The highest BCUT2D eigenvalue weighted by atomic mass is 35.5. The predicted octanol–water partition coefficient (Wildman–Crippen LogP) is 4.18. The van der Waals surface area contributed by atoms with Crippen molar-refractivity contribution in [3.05, 3.63) is 71.1 Å². The molecule has 0 saturated carbocycles. The summed E-state index contributed by atoms with van der Waals surface area (Å²) in [4.78, 5) is 22.9. The van der Waals surface area contributed by atoms with Gasteiger partial charge in [-0.25, -0.2) is 0 Å². The van der Waals surface area contributed by atoms with Crippen LogP contribution in [0.2, 0.25) is 5.02 Å². The second-order valence-corrected chi connectivity index (χ2v) is 7.31. The Morgan fingerprint density at radius 3 is 2.76 bits per heavy atom. The van der Waals surface area contributed by atoms with E-state index in [-0.39, 0.29) is 12.5 Å². The zero-order chi connectivity index (χ0) is 20.8. The van der Waals surface area contributed by atoms with E-state index in [1.165, 1.54) is 0 Å². The van der Waals surface area contributed by atoms with E-state index in [1.807, 2.05) is 50.2 Å². The number of rotatable bonds is 7. The summed E-state index contributed by atoms with van der Waals surface area (Å²) in [5.74, 6) is 0.411. The zero-order valence-corrected chi connectivity index (χ0v) is 17.4. The first-order valence-corrected chi connectivity index (χ1v) is 9.53. The molecule has 0 atom stereocenters. The summed E-state index contributed by atoms with van der Waals surface area (Å²) in [5, 5.41) is 3.45. The minimum atomic E-state index is -0.246. The molecule has 150 valence electrons. The second-order valence-electron chi connectivity index (χ2n) is 6.90. The number of ether oxygens (including phenoxy) is 1. The molecule has 0 aliphatic carbocycles. The first-order valence-electron chi connectivity index (χ1n) is 9.16. The standard InChI is InChI=1S/C22H23ClN4O2/c1-15-18(23)5-4-6-19(15)26-22(28)14-29-21-8-7-16(11-17(21)13-27(2)3)20-12-24-9-10-25-20/h4-12H,13-14H2,1-3H3,(H,26,28). The Kier molecular flexibility index (Phi) is 6.80. The van der Waals surface area contributed by atoms with E-state index in [0.29, 0.717) is 23.0 Å². The van der Waals surface area contributed by atoms with Crippen LogP contribution >= 0.6 is 11.6 Å². The number of carbonyl (C=O) groups is 1. The summed E-state index contributed by atoms with van der Waals surface area (Å²) in [7, 11) is 3.96. The number of nitrogens with one attached hydrogen (secondary N) is 1. The number of benzene rings is 2. The number of aromatic nitrogens is 2. The van der Waals surface area contributed by atoms with Crippen molar-refractivity contribution in [1.82, 2.24) is 14.9 Å². The van der Waals surface area contributed by atoms with E-state index >= 15 is 0 Å². The third kappa shape index (κ3) is 5.53. The third-order valence-electron chi connectivity index (χ3n) is 4.31. The molecular weight excluding hydrogens is 388 g/mol. The van der Waals surface area contributed by atoms with Gasteiger partial charge >= 0.3 is 0 Å². The first-order chi connectivity index (χ1) is 13.9. The number of anilines is 1. The fraction of sp³-hybridized carbons (Fsp3) is 0.227. The SMILES string of the molecule is Cc1c(Cl)cccc1NC(=O)COc1ccc(-c2cnccn2)cc1CN(C)C. The Labute approximate surface area is 175 Å². The molecule has 0 spiro atoms. The monoisotopic (exact) mass is 410 g/mol. The van der Waals surface area contributed by atoms with E-state index in [2.05, 4.69) is 15.3 Å². The largest absolute Gasteiger partial charge is 0.483 e. The molecule has 29 heavy (non-hydrogen) atoms. The van der Waals surface area contributed by atoms with Gasteiger partial charge in [0, 0.05) is 40.8 Å². The van der Waals surface area contributed by atoms with Crippen LogP contribution in [0, 0.1) is 6.92 Å². The fourth-order valence-electron chi connectivity index (χ4n) is 2.86. The number of amides is 1. The highest BCUT2D eigenvalue weighted by Gasteiger charge is 2.12. The van der Waals surface area contributed by atoms with Gasteiger partial charge in [-0.05, 0) is 56.9 Å². The van der Waals surface area contributed by atoms with E-state index in [1.54, 1.807) is 30.7 Å². The molecule has 0 fully saturated rings. The van der Waals surface area contributed by atoms with Crippen LogP contribution in [0.15, 0.2) is 55.0 Å². The van der Waals surface area contributed by atoms with Gasteiger partial charge in [0.2, 0.25) is 0 Å². The van der Waals surface area contributed by atoms with Gasteiger partial charge in [-0.2, -0.15) is 0 Å². The fourth-order valence-corrected chi connectivity index (χ4v) is 3.04. The molecule has 6 nitrogen and oxygen atoms in total. The second kappa shape index (κ2) is 9.49. The van der Waals surface area contributed by atoms with Crippen LogP contribution in [0.25, 0.3) is 11.3 Å². The molecular formula is C22H23ClN4O2. The number of halogens is 1. The Morgan fingerprint density at radius 1 is 1.21 bits per heavy atom. The van der Waals surface area contributed by atoms with E-state index in [4.69, 9.17) is 16.3 Å². The summed E-state index contributed by atoms with van der Waals surface area (Å²) < 4.78 is 5.83. The van der Waals surface area contributed by atoms with Crippen LogP contribution in [-0.2, 0) is 11.3 Å². The van der Waals surface area contributed by atoms with Crippen molar-refractivity contribution >= 4 is 23.2 Å². The molecule has 3 rings (SSSR count). The summed E-state index contributed by atoms with van der Waals surface area (Å²) >= 11 is 6.11. The third-order valence-corrected chi connectivity index (χ3v) is 4.72. The lowest BCUT2D eigenvalue weighted by Gasteiger charge is -2.16. The van der Waals surface area contributed by atoms with Crippen molar-refractivity contribution in [2.45, 2.75) is 13.5 Å². The van der Waals surface area contributed by atoms with Crippen molar-refractivity contribution in [3.63, 3.8) is 0 Å². The van der Waals surface area contributed by atoms with Crippen molar-refractivity contribution in [3.8, 4) is 17.0 Å². The average molecular weight is 411 g/mol. The summed E-state index contributed by atoms with van der Waals surface area (Å²) in [6.45, 7) is 2.43. The molecule has 1 heterocycles. The number of hydrogen-bond donors (Lipinski definition) is 1. The minimum absolute atomic E-state index is 0.100. The molecule has 0 saturated heterocycles. The lowest BCUT2D eigenvalue weighted by Crippen LogP contribution is -2.21. The topological polar surface area (TPSA) is 67.3 Å². The van der Waals surface area contributed by atoms with Crippen molar-refractivity contribution in [2.24, 2.45) is 0 Å². The molecule has 1 N–H and O–H groups in total. The lowest BCUT2D eigenvalue weighted by molar-refractivity contribution is -0.118. The minimum Gasteiger partial charge on any atom is -0.483 e. The first kappa shape index (κ1) is 20.8. The van der Waals surface area contributed by atoms with E-state index in [0.717, 1.165) is 22.4 Å². The molecule has 3 aromatic rings. The molecule has 0 aliphatic heterocycles. The predicted molar refractivity (Wildman–Crippen MR) is 115 cm³/mol. The van der Waals surface area contributed by atoms with E-state index in [9.17, 15) is 4.79 Å². The lowest BCUT2D eigenvalue weighted by atomic mass is 10.1. The summed E-state index contributed by atoms with van der Waals surface area (Å²) in [5.41, 5.74) is 4.20. The molecule has 0 radical (unpaired) electrons. The van der Waals surface area contributed by atoms with E-state index < -0.39 is 0 Å². The average Bonchev–Trinajstić information content (AvgIpc) is 2.71. The van der Waals surface area contributed by atoms with Crippen molar-refractivity contribution in [2.75, 3.05) is 26.0 Å². The summed E-state index contributed by atoms with van der Waals surface area (Å²) in [6.07, 6.45) is 5.02. The van der Waals surface area contributed by atoms with Crippen LogP contribution in [0.3, 0.4) is 0 Å². The van der Waals surface area contributed by atoms with Gasteiger partial charge in [0.15, 0.2) is 6.61 Å². The normalized spacial score (nSPS) is 10.8. The zero-order valence-electron chi connectivity index (χ0n) is 16.6. The molecule has 0 aliphatic rings. The Balaban J connectivity index is 1.74. The number of hydrogen-bond acceptors (Lipinski definition) is 5. The highest BCUT2D eigenvalue weighted by molar-refractivity contribution is 6.31. The maximum atomic E-state index is 12.4. The molecule has 0 unspecified atom stereocenters. The number of nitrogens with zero attached hydrogens (tertiary/aromatic N) is 3. The maximum Gasteiger partial charge on any atom is 0.262 e. The quantitative estimate of drug-likeness (QED) is 0.632. The maximum absolute atomic E-state index is 12.4. The van der Waals surface area contributed by atoms with Crippen molar-refractivity contribution < 1.29 is 9.53 Å². The van der Waals surface area contributed by atoms with Crippen LogP contribution in [-0.4, -0.2) is 41.5 Å². The van der Waals surface area contributed by atoms with Gasteiger partial charge in [-0.1, -0.05) is 17.7 Å². The van der Waals surface area contributed by atoms with Gasteiger partial charge in [-0.15, -0.1) is 0 Å². The smallest absolute Gasteiger partial charge is 0.262 e. The Morgan fingerprint density at radius 2 is 2.03 bits per heavy atom. The number of carbonyl (C=O) groups excluding carboxylic acids is 1. The van der Waals surface area contributed by atoms with Crippen LogP contribution in [0.1, 0.15) is 11.1 Å². The van der Waals surface area contributed by atoms with Crippen LogP contribution in [0.5, 0.6) is 5.75 Å². The molecule has 1 aromatic heterocycles. The van der Waals surface area contributed by atoms with Crippen molar-refractivity contribution in [1.29, 1.82) is 0 Å². The highest BCUT2D eigenvalue weighted by Crippen LogP contribution is 2.27. The van der Waals surface area contributed by atoms with Gasteiger partial charge in [0.1, 0.15) is 5.75 Å². The molecule has 2 aromatic carbocycles. The molecule has 7 heteroatoms. The molecule has 1 amide bonds. The van der Waals surface area contributed by atoms with Crippen LogP contribution < -0.4 is 10.1 Å². The van der Waals surface area contributed by atoms with Gasteiger partial charge in [-0.3, -0.25) is 14.8 Å². The van der Waals surface area contributed by atoms with Gasteiger partial charge in [0.05, 0.1) is 11.9 Å². The van der Waals surface area contributed by atoms with Gasteiger partial charge < -0.3 is 15.0 Å². The summed E-state index contributed by atoms with van der Waals surface area (Å²) in [6, 6.07) is 11.2. The Bertz CT molecular complexity index is 993.